The van der Waals surface area contributed by atoms with Gasteiger partial charge < -0.3 is 9.32 Å². The number of amides is 1. The zero-order valence-electron chi connectivity index (χ0n) is 18.0. The summed E-state index contributed by atoms with van der Waals surface area (Å²) in [6.45, 7) is 8.63. The molecule has 1 aliphatic rings. The molecular formula is C23H25ClN2O4S. The molecule has 1 aromatic heterocycles. The number of carbonyl (C=O) groups is 1. The van der Waals surface area contributed by atoms with E-state index in [0.29, 0.717) is 34.6 Å². The van der Waals surface area contributed by atoms with Crippen LogP contribution in [0.5, 0.6) is 0 Å². The second kappa shape index (κ2) is 7.88. The fraction of sp³-hybridized carbons (Fsp3) is 0.348. The molecule has 31 heavy (non-hydrogen) atoms. The van der Waals surface area contributed by atoms with Gasteiger partial charge in [-0.15, -0.1) is 0 Å². The summed E-state index contributed by atoms with van der Waals surface area (Å²) in [4.78, 5) is 14.8. The second-order valence-corrected chi connectivity index (χ2v) is 10.2. The van der Waals surface area contributed by atoms with Crippen molar-refractivity contribution in [2.24, 2.45) is 0 Å². The van der Waals surface area contributed by atoms with E-state index in [1.165, 1.54) is 0 Å². The van der Waals surface area contributed by atoms with Crippen LogP contribution in [0.4, 0.5) is 5.69 Å². The Balaban J connectivity index is 1.87. The highest BCUT2D eigenvalue weighted by Gasteiger charge is 2.30. The van der Waals surface area contributed by atoms with E-state index in [4.69, 9.17) is 16.0 Å². The molecule has 1 aliphatic heterocycles. The summed E-state index contributed by atoms with van der Waals surface area (Å²) < 4.78 is 35.5. The molecule has 0 saturated carbocycles. The van der Waals surface area contributed by atoms with Crippen LogP contribution in [0, 0.1) is 27.7 Å². The summed E-state index contributed by atoms with van der Waals surface area (Å²) in [5.41, 5.74) is 3.43. The summed E-state index contributed by atoms with van der Waals surface area (Å²) in [6.07, 6.45) is 1.92. The van der Waals surface area contributed by atoms with Crippen LogP contribution in [0.1, 0.15) is 45.7 Å². The fourth-order valence-electron chi connectivity index (χ4n) is 4.03. The smallest absolute Gasteiger partial charge is 0.289 e. The maximum absolute atomic E-state index is 13.4. The maximum Gasteiger partial charge on any atom is 0.289 e. The molecule has 1 amide bonds. The molecule has 3 aromatic rings. The van der Waals surface area contributed by atoms with Crippen LogP contribution in [0.2, 0.25) is 5.02 Å². The monoisotopic (exact) mass is 460 g/mol. The number of furan rings is 1. The average molecular weight is 461 g/mol. The van der Waals surface area contributed by atoms with E-state index in [1.54, 1.807) is 36.9 Å². The molecule has 0 bridgehead atoms. The van der Waals surface area contributed by atoms with Crippen molar-refractivity contribution in [3.8, 4) is 0 Å². The molecule has 0 aliphatic carbocycles. The molecule has 0 unspecified atom stereocenters. The number of carbonyl (C=O) groups excluding carboxylic acids is 1. The number of anilines is 1. The van der Waals surface area contributed by atoms with E-state index in [0.717, 1.165) is 24.0 Å². The van der Waals surface area contributed by atoms with Crippen LogP contribution in [0.15, 0.2) is 33.6 Å². The molecule has 164 valence electrons. The Kier molecular flexibility index (Phi) is 5.52. The quantitative estimate of drug-likeness (QED) is 0.568. The molecule has 0 radical (unpaired) electrons. The number of nitrogens with one attached hydrogen (secondary N) is 1. The van der Waals surface area contributed by atoms with Gasteiger partial charge in [0.25, 0.3) is 15.9 Å². The molecule has 0 spiro atoms. The Bertz CT molecular complexity index is 1310. The van der Waals surface area contributed by atoms with Gasteiger partial charge in [-0.3, -0.25) is 9.52 Å². The van der Waals surface area contributed by atoms with Crippen LogP contribution in [-0.4, -0.2) is 32.3 Å². The molecule has 6 nitrogen and oxygen atoms in total. The minimum absolute atomic E-state index is 0.0303. The van der Waals surface area contributed by atoms with Gasteiger partial charge in [-0.05, 0) is 75.4 Å². The third-order valence-corrected chi connectivity index (χ3v) is 7.75. The number of nitrogens with zero attached hydrogens (tertiary/aromatic N) is 1. The number of sulfonamides is 1. The highest BCUT2D eigenvalue weighted by atomic mass is 35.5. The Morgan fingerprint density at radius 1 is 1.06 bits per heavy atom. The van der Waals surface area contributed by atoms with Crippen molar-refractivity contribution in [3.63, 3.8) is 0 Å². The summed E-state index contributed by atoms with van der Waals surface area (Å²) in [5, 5.41) is 0.937. The molecule has 0 atom stereocenters. The second-order valence-electron chi connectivity index (χ2n) is 8.17. The molecule has 8 heteroatoms. The molecule has 1 N–H and O–H groups in total. The summed E-state index contributed by atoms with van der Waals surface area (Å²) >= 11 is 6.26. The predicted octanol–water partition coefficient (Wildman–Crippen LogP) is 5.36. The normalized spacial score (nSPS) is 14.4. The first-order valence-corrected chi connectivity index (χ1v) is 12.1. The number of hydrogen-bond donors (Lipinski definition) is 1. The number of aryl methyl sites for hydroxylation is 3. The molecule has 1 saturated heterocycles. The zero-order valence-corrected chi connectivity index (χ0v) is 19.6. The lowest BCUT2D eigenvalue weighted by Gasteiger charge is -2.14. The van der Waals surface area contributed by atoms with Gasteiger partial charge in [0.15, 0.2) is 11.3 Å². The van der Waals surface area contributed by atoms with Crippen LogP contribution in [-0.2, 0) is 10.0 Å². The van der Waals surface area contributed by atoms with Crippen molar-refractivity contribution < 1.29 is 17.6 Å². The van der Waals surface area contributed by atoms with E-state index in [-0.39, 0.29) is 27.8 Å². The van der Waals surface area contributed by atoms with E-state index < -0.39 is 10.0 Å². The first-order chi connectivity index (χ1) is 14.6. The lowest BCUT2D eigenvalue weighted by Crippen LogP contribution is -2.27. The fourth-order valence-corrected chi connectivity index (χ4v) is 5.90. The van der Waals surface area contributed by atoms with Gasteiger partial charge in [-0.25, -0.2) is 8.42 Å². The number of benzene rings is 2. The van der Waals surface area contributed by atoms with Gasteiger partial charge in [0, 0.05) is 24.0 Å². The minimum Gasteiger partial charge on any atom is -0.449 e. The topological polar surface area (TPSA) is 79.6 Å². The van der Waals surface area contributed by atoms with Gasteiger partial charge >= 0.3 is 0 Å². The van der Waals surface area contributed by atoms with Crippen molar-refractivity contribution >= 4 is 44.2 Å². The first kappa shape index (κ1) is 21.7. The van der Waals surface area contributed by atoms with E-state index in [1.807, 2.05) is 19.9 Å². The summed E-state index contributed by atoms with van der Waals surface area (Å²) in [5.74, 6) is 0.00566. The number of likely N-dealkylation sites (tertiary alicyclic amines) is 1. The molecule has 1 fully saturated rings. The zero-order chi connectivity index (χ0) is 22.5. The van der Waals surface area contributed by atoms with E-state index in [2.05, 4.69) is 4.72 Å². The van der Waals surface area contributed by atoms with Gasteiger partial charge in [0.2, 0.25) is 0 Å². The van der Waals surface area contributed by atoms with Crippen LogP contribution in [0.3, 0.4) is 0 Å². The third-order valence-electron chi connectivity index (χ3n) is 5.92. The van der Waals surface area contributed by atoms with E-state index >= 15 is 0 Å². The van der Waals surface area contributed by atoms with Crippen molar-refractivity contribution in [2.75, 3.05) is 17.8 Å². The summed E-state index contributed by atoms with van der Waals surface area (Å²) in [7, 11) is -4.03. The van der Waals surface area contributed by atoms with Crippen LogP contribution in [0.25, 0.3) is 11.0 Å². The molecule has 4 rings (SSSR count). The molecular weight excluding hydrogens is 436 g/mol. The SMILES string of the molecule is Cc1ccc(NS(=O)(=O)c2c(C)c(C)cc3c(C)c(C(=O)N4CCCC4)oc23)c(Cl)c1. The van der Waals surface area contributed by atoms with Crippen molar-refractivity contribution in [2.45, 2.75) is 45.4 Å². The number of fused-ring (bicyclic) bond motifs is 1. The largest absolute Gasteiger partial charge is 0.449 e. The minimum atomic E-state index is -4.03. The maximum atomic E-state index is 13.4. The van der Waals surface area contributed by atoms with Gasteiger partial charge in [0.05, 0.1) is 10.7 Å². The molecule has 2 heterocycles. The Hall–Kier alpha value is -2.51. The Morgan fingerprint density at radius 3 is 2.39 bits per heavy atom. The third kappa shape index (κ3) is 3.81. The number of hydrogen-bond acceptors (Lipinski definition) is 4. The van der Waals surface area contributed by atoms with Crippen LogP contribution < -0.4 is 4.72 Å². The Labute approximate surface area is 187 Å². The van der Waals surface area contributed by atoms with Crippen molar-refractivity contribution in [1.82, 2.24) is 4.90 Å². The lowest BCUT2D eigenvalue weighted by atomic mass is 10.0. The van der Waals surface area contributed by atoms with Crippen molar-refractivity contribution in [1.29, 1.82) is 0 Å². The summed E-state index contributed by atoms with van der Waals surface area (Å²) in [6, 6.07) is 6.99. The highest BCUT2D eigenvalue weighted by molar-refractivity contribution is 7.93. The van der Waals surface area contributed by atoms with Gasteiger partial charge in [0.1, 0.15) is 4.90 Å². The standard InChI is InChI=1S/C23H25ClN2O4S/c1-13-7-8-19(18(24)11-13)25-31(28,29)22-15(3)14(2)12-17-16(4)20(30-21(17)22)23(27)26-9-5-6-10-26/h7-8,11-12,25H,5-6,9-10H2,1-4H3. The van der Waals surface area contributed by atoms with Crippen LogP contribution >= 0.6 is 11.6 Å². The average Bonchev–Trinajstić information content (AvgIpc) is 3.33. The number of halogens is 1. The van der Waals surface area contributed by atoms with Gasteiger partial charge in [-0.2, -0.15) is 0 Å². The van der Waals surface area contributed by atoms with E-state index in [9.17, 15) is 13.2 Å². The lowest BCUT2D eigenvalue weighted by molar-refractivity contribution is 0.0762. The predicted molar refractivity (Wildman–Crippen MR) is 123 cm³/mol. The first-order valence-electron chi connectivity index (χ1n) is 10.2. The van der Waals surface area contributed by atoms with Gasteiger partial charge in [-0.1, -0.05) is 17.7 Å². The highest BCUT2D eigenvalue weighted by Crippen LogP contribution is 2.37. The Morgan fingerprint density at radius 2 is 1.74 bits per heavy atom. The van der Waals surface area contributed by atoms with Crippen molar-refractivity contribution in [3.05, 3.63) is 57.3 Å². The number of rotatable bonds is 4. The molecule has 2 aromatic carbocycles.